The molecule has 1 heteroatoms. The van der Waals surface area contributed by atoms with Gasteiger partial charge in [-0.05, 0) is 49.2 Å². The summed E-state index contributed by atoms with van der Waals surface area (Å²) in [6.07, 6.45) is 0. The largest absolute Gasteiger partial charge is 0.345 e. The molecule has 0 aliphatic heterocycles. The maximum Gasteiger partial charge on any atom is 0.0410 e. The number of nitrogens with zero attached hydrogens (tertiary/aromatic N) is 1. The van der Waals surface area contributed by atoms with E-state index in [-0.39, 0.29) is 0 Å². The topological polar surface area (TPSA) is 3.24 Å². The first-order valence-corrected chi connectivity index (χ1v) is 5.54. The average Bonchev–Trinajstić information content (AvgIpc) is 2.28. The number of rotatable bonds is 2. The summed E-state index contributed by atoms with van der Waals surface area (Å²) in [6, 6.07) is 17.1. The fourth-order valence-corrected chi connectivity index (χ4v) is 1.82. The molecule has 0 aliphatic rings. The van der Waals surface area contributed by atoms with E-state index in [0.717, 1.165) is 0 Å². The molecule has 2 aromatic carbocycles. The van der Waals surface area contributed by atoms with Gasteiger partial charge >= 0.3 is 0 Å². The molecule has 0 bridgehead atoms. The molecule has 0 unspecified atom stereocenters. The lowest BCUT2D eigenvalue weighted by molar-refractivity contribution is 1.19. The fraction of sp³-hybridized carbons (Fsp3) is 0.200. The average molecular weight is 211 g/mol. The lowest BCUT2D eigenvalue weighted by Crippen LogP contribution is -2.09. The predicted octanol–water partition coefficient (Wildman–Crippen LogP) is 4.07. The van der Waals surface area contributed by atoms with Gasteiger partial charge in [0.25, 0.3) is 0 Å². The minimum Gasteiger partial charge on any atom is -0.345 e. The second-order valence-electron chi connectivity index (χ2n) is 4.24. The van der Waals surface area contributed by atoms with E-state index in [9.17, 15) is 0 Å². The van der Waals surface area contributed by atoms with Crippen molar-refractivity contribution in [3.63, 3.8) is 0 Å². The van der Waals surface area contributed by atoms with E-state index in [0.29, 0.717) is 0 Å². The van der Waals surface area contributed by atoms with Gasteiger partial charge in [-0.2, -0.15) is 0 Å². The van der Waals surface area contributed by atoms with Gasteiger partial charge in [-0.25, -0.2) is 0 Å². The minimum atomic E-state index is 1.23. The first-order valence-electron chi connectivity index (χ1n) is 5.54. The molecular weight excluding hydrogens is 194 g/mol. The zero-order chi connectivity index (χ0) is 11.5. The van der Waals surface area contributed by atoms with Crippen molar-refractivity contribution in [3.8, 4) is 0 Å². The summed E-state index contributed by atoms with van der Waals surface area (Å²) in [5, 5.41) is 0. The van der Waals surface area contributed by atoms with Gasteiger partial charge in [0, 0.05) is 18.4 Å². The van der Waals surface area contributed by atoms with Crippen molar-refractivity contribution in [1.82, 2.24) is 0 Å². The Labute approximate surface area is 97.3 Å². The number of aryl methyl sites for hydroxylation is 2. The van der Waals surface area contributed by atoms with E-state index in [1.54, 1.807) is 0 Å². The third kappa shape index (κ3) is 2.25. The summed E-state index contributed by atoms with van der Waals surface area (Å²) in [7, 11) is 2.10. The highest BCUT2D eigenvalue weighted by Crippen LogP contribution is 2.24. The van der Waals surface area contributed by atoms with E-state index in [2.05, 4.69) is 74.3 Å². The van der Waals surface area contributed by atoms with Gasteiger partial charge in [0.15, 0.2) is 0 Å². The molecule has 2 rings (SSSR count). The van der Waals surface area contributed by atoms with Crippen LogP contribution in [0.5, 0.6) is 0 Å². The van der Waals surface area contributed by atoms with E-state index in [4.69, 9.17) is 0 Å². The lowest BCUT2D eigenvalue weighted by Gasteiger charge is -2.20. The summed E-state index contributed by atoms with van der Waals surface area (Å²) in [5.74, 6) is 0. The van der Waals surface area contributed by atoms with Crippen molar-refractivity contribution in [2.75, 3.05) is 11.9 Å². The van der Waals surface area contributed by atoms with Crippen LogP contribution < -0.4 is 4.90 Å². The maximum atomic E-state index is 2.21. The molecule has 0 saturated heterocycles. The number of hydrogen-bond acceptors (Lipinski definition) is 1. The molecule has 0 atom stereocenters. The van der Waals surface area contributed by atoms with E-state index in [1.165, 1.54) is 22.5 Å². The third-order valence-electron chi connectivity index (χ3n) is 2.78. The highest BCUT2D eigenvalue weighted by atomic mass is 15.1. The van der Waals surface area contributed by atoms with Gasteiger partial charge in [0.2, 0.25) is 0 Å². The van der Waals surface area contributed by atoms with Crippen molar-refractivity contribution in [2.24, 2.45) is 0 Å². The SMILES string of the molecule is Cc1cccc(N(C)c2cccc(C)c2)c1. The van der Waals surface area contributed by atoms with Crippen LogP contribution in [0.2, 0.25) is 0 Å². The van der Waals surface area contributed by atoms with Gasteiger partial charge < -0.3 is 4.90 Å². The summed E-state index contributed by atoms with van der Waals surface area (Å²) >= 11 is 0. The number of hydrogen-bond donors (Lipinski definition) is 0. The van der Waals surface area contributed by atoms with Crippen LogP contribution >= 0.6 is 0 Å². The second kappa shape index (κ2) is 4.40. The molecule has 82 valence electrons. The Balaban J connectivity index is 2.35. The molecule has 0 heterocycles. The molecule has 2 aromatic rings. The summed E-state index contributed by atoms with van der Waals surface area (Å²) < 4.78 is 0. The van der Waals surface area contributed by atoms with Crippen molar-refractivity contribution in [1.29, 1.82) is 0 Å². The molecule has 0 radical (unpaired) electrons. The molecule has 0 aliphatic carbocycles. The van der Waals surface area contributed by atoms with Crippen molar-refractivity contribution in [3.05, 3.63) is 59.7 Å². The Morgan fingerprint density at radius 1 is 0.750 bits per heavy atom. The van der Waals surface area contributed by atoms with Crippen molar-refractivity contribution in [2.45, 2.75) is 13.8 Å². The highest BCUT2D eigenvalue weighted by molar-refractivity contribution is 5.63. The predicted molar refractivity (Wildman–Crippen MR) is 70.4 cm³/mol. The van der Waals surface area contributed by atoms with E-state index < -0.39 is 0 Å². The maximum absolute atomic E-state index is 2.21. The van der Waals surface area contributed by atoms with E-state index >= 15 is 0 Å². The Kier molecular flexibility index (Phi) is 2.95. The molecule has 0 aromatic heterocycles. The van der Waals surface area contributed by atoms with Gasteiger partial charge in [-0.15, -0.1) is 0 Å². The standard InChI is InChI=1S/C15H17N/c1-12-6-4-8-14(10-12)16(3)15-9-5-7-13(2)11-15/h4-11H,1-3H3. The minimum absolute atomic E-state index is 1.23. The van der Waals surface area contributed by atoms with Crippen LogP contribution in [0.15, 0.2) is 48.5 Å². The molecule has 0 N–H and O–H groups in total. The van der Waals surface area contributed by atoms with Crippen LogP contribution in [0.25, 0.3) is 0 Å². The lowest BCUT2D eigenvalue weighted by atomic mass is 10.1. The zero-order valence-corrected chi connectivity index (χ0v) is 10.1. The highest BCUT2D eigenvalue weighted by Gasteiger charge is 2.03. The molecule has 1 nitrogen and oxygen atoms in total. The second-order valence-corrected chi connectivity index (χ2v) is 4.24. The third-order valence-corrected chi connectivity index (χ3v) is 2.78. The normalized spacial score (nSPS) is 10.2. The quantitative estimate of drug-likeness (QED) is 0.723. The first-order chi connectivity index (χ1) is 7.66. The monoisotopic (exact) mass is 211 g/mol. The van der Waals surface area contributed by atoms with Crippen LogP contribution in [0, 0.1) is 13.8 Å². The number of benzene rings is 2. The van der Waals surface area contributed by atoms with Crippen molar-refractivity contribution >= 4 is 11.4 Å². The molecule has 0 spiro atoms. The first kappa shape index (κ1) is 10.7. The van der Waals surface area contributed by atoms with Crippen molar-refractivity contribution < 1.29 is 0 Å². The van der Waals surface area contributed by atoms with Crippen LogP contribution in [0.1, 0.15) is 11.1 Å². The van der Waals surface area contributed by atoms with Gasteiger partial charge in [-0.3, -0.25) is 0 Å². The van der Waals surface area contributed by atoms with Gasteiger partial charge in [0.05, 0.1) is 0 Å². The Hall–Kier alpha value is -1.76. The number of anilines is 2. The molecule has 0 saturated carbocycles. The van der Waals surface area contributed by atoms with Crippen LogP contribution in [0.3, 0.4) is 0 Å². The van der Waals surface area contributed by atoms with Gasteiger partial charge in [-0.1, -0.05) is 24.3 Å². The molecular formula is C15H17N. The summed E-state index contributed by atoms with van der Waals surface area (Å²) in [6.45, 7) is 4.24. The van der Waals surface area contributed by atoms with Gasteiger partial charge in [0.1, 0.15) is 0 Å². The Morgan fingerprint density at radius 2 is 1.19 bits per heavy atom. The summed E-state index contributed by atoms with van der Waals surface area (Å²) in [4.78, 5) is 2.21. The molecule has 0 fully saturated rings. The van der Waals surface area contributed by atoms with Crippen LogP contribution in [0.4, 0.5) is 11.4 Å². The molecule has 0 amide bonds. The van der Waals surface area contributed by atoms with Crippen LogP contribution in [-0.2, 0) is 0 Å². The fourth-order valence-electron chi connectivity index (χ4n) is 1.82. The Bertz CT molecular complexity index is 443. The summed E-state index contributed by atoms with van der Waals surface area (Å²) in [5.41, 5.74) is 5.03. The molecule has 16 heavy (non-hydrogen) atoms. The zero-order valence-electron chi connectivity index (χ0n) is 10.1. The van der Waals surface area contributed by atoms with Crippen LogP contribution in [-0.4, -0.2) is 7.05 Å². The Morgan fingerprint density at radius 3 is 1.56 bits per heavy atom. The van der Waals surface area contributed by atoms with E-state index in [1.807, 2.05) is 0 Å². The smallest absolute Gasteiger partial charge is 0.0410 e.